The van der Waals surface area contributed by atoms with Crippen molar-refractivity contribution >= 4 is 0 Å². The van der Waals surface area contributed by atoms with Gasteiger partial charge in [-0.3, -0.25) is 0 Å². The molecule has 0 aromatic carbocycles. The number of aliphatic hydroxyl groups is 1. The van der Waals surface area contributed by atoms with Gasteiger partial charge in [0.2, 0.25) is 5.88 Å². The van der Waals surface area contributed by atoms with Crippen molar-refractivity contribution in [2.24, 2.45) is 0 Å². The number of ether oxygens (including phenoxy) is 1. The standard InChI is InChI=1S/C10H15NO2/c12-8-4-1-5-9-13-10-6-2-3-7-11-10/h2-3,6-7,12H,1,4-5,8-9H2. The predicted octanol–water partition coefficient (Wildman–Crippen LogP) is 1.62. The van der Waals surface area contributed by atoms with Gasteiger partial charge in [-0.15, -0.1) is 0 Å². The number of nitrogens with zero attached hydrogens (tertiary/aromatic N) is 1. The van der Waals surface area contributed by atoms with E-state index in [1.807, 2.05) is 18.2 Å². The van der Waals surface area contributed by atoms with Crippen LogP contribution in [0.25, 0.3) is 0 Å². The third-order valence-electron chi connectivity index (χ3n) is 1.69. The molecule has 0 aliphatic carbocycles. The summed E-state index contributed by atoms with van der Waals surface area (Å²) in [4.78, 5) is 4.02. The van der Waals surface area contributed by atoms with E-state index < -0.39 is 0 Å². The van der Waals surface area contributed by atoms with E-state index in [9.17, 15) is 0 Å². The van der Waals surface area contributed by atoms with Gasteiger partial charge in [0, 0.05) is 18.9 Å². The van der Waals surface area contributed by atoms with Crippen LogP contribution in [-0.2, 0) is 0 Å². The molecule has 0 fully saturated rings. The van der Waals surface area contributed by atoms with Gasteiger partial charge in [0.15, 0.2) is 0 Å². The molecule has 0 spiro atoms. The Morgan fingerprint density at radius 2 is 2.15 bits per heavy atom. The van der Waals surface area contributed by atoms with Crippen LogP contribution in [-0.4, -0.2) is 23.3 Å². The van der Waals surface area contributed by atoms with Crippen LogP contribution in [0.4, 0.5) is 0 Å². The second kappa shape index (κ2) is 6.43. The highest BCUT2D eigenvalue weighted by molar-refractivity contribution is 5.08. The van der Waals surface area contributed by atoms with Gasteiger partial charge in [-0.2, -0.15) is 0 Å². The molecule has 0 saturated heterocycles. The molecule has 3 heteroatoms. The lowest BCUT2D eigenvalue weighted by Crippen LogP contribution is -1.98. The Morgan fingerprint density at radius 3 is 2.85 bits per heavy atom. The Kier molecular flexibility index (Phi) is 4.94. The number of pyridine rings is 1. The van der Waals surface area contributed by atoms with Crippen molar-refractivity contribution < 1.29 is 9.84 Å². The molecule has 1 aromatic rings. The van der Waals surface area contributed by atoms with Crippen LogP contribution in [0.3, 0.4) is 0 Å². The van der Waals surface area contributed by atoms with Crippen molar-refractivity contribution in [1.29, 1.82) is 0 Å². The van der Waals surface area contributed by atoms with Gasteiger partial charge >= 0.3 is 0 Å². The Bertz CT molecular complexity index is 213. The first-order chi connectivity index (χ1) is 6.43. The molecule has 0 bridgehead atoms. The summed E-state index contributed by atoms with van der Waals surface area (Å²) in [7, 11) is 0. The number of hydrogen-bond acceptors (Lipinski definition) is 3. The third kappa shape index (κ3) is 4.48. The van der Waals surface area contributed by atoms with E-state index in [1.54, 1.807) is 6.20 Å². The summed E-state index contributed by atoms with van der Waals surface area (Å²) in [6.07, 6.45) is 4.54. The Morgan fingerprint density at radius 1 is 1.23 bits per heavy atom. The van der Waals surface area contributed by atoms with Crippen molar-refractivity contribution in [1.82, 2.24) is 4.98 Å². The van der Waals surface area contributed by atoms with E-state index in [0.29, 0.717) is 12.5 Å². The normalized spacial score (nSPS) is 9.92. The molecular formula is C10H15NO2. The highest BCUT2D eigenvalue weighted by Crippen LogP contribution is 2.04. The van der Waals surface area contributed by atoms with Gasteiger partial charge in [0.1, 0.15) is 0 Å². The number of aromatic nitrogens is 1. The lowest BCUT2D eigenvalue weighted by Gasteiger charge is -2.03. The smallest absolute Gasteiger partial charge is 0.213 e. The maximum absolute atomic E-state index is 8.53. The minimum Gasteiger partial charge on any atom is -0.478 e. The Labute approximate surface area is 78.4 Å². The van der Waals surface area contributed by atoms with Crippen LogP contribution in [0.1, 0.15) is 19.3 Å². The summed E-state index contributed by atoms with van der Waals surface area (Å²) < 4.78 is 5.36. The predicted molar refractivity (Wildman–Crippen MR) is 50.7 cm³/mol. The summed E-state index contributed by atoms with van der Waals surface area (Å²) in [5.41, 5.74) is 0. The largest absolute Gasteiger partial charge is 0.478 e. The van der Waals surface area contributed by atoms with Crippen LogP contribution in [0.5, 0.6) is 5.88 Å². The second-order valence-electron chi connectivity index (χ2n) is 2.80. The Balaban J connectivity index is 2.07. The van der Waals surface area contributed by atoms with Crippen molar-refractivity contribution in [3.05, 3.63) is 24.4 Å². The van der Waals surface area contributed by atoms with Gasteiger partial charge < -0.3 is 9.84 Å². The molecule has 72 valence electrons. The summed E-state index contributed by atoms with van der Waals surface area (Å²) in [5.74, 6) is 0.673. The molecule has 13 heavy (non-hydrogen) atoms. The summed E-state index contributed by atoms with van der Waals surface area (Å²) in [6.45, 7) is 0.945. The first-order valence-electron chi connectivity index (χ1n) is 4.58. The molecule has 0 aliphatic rings. The van der Waals surface area contributed by atoms with Crippen molar-refractivity contribution in [2.45, 2.75) is 19.3 Å². The fraction of sp³-hybridized carbons (Fsp3) is 0.500. The highest BCUT2D eigenvalue weighted by Gasteiger charge is 1.92. The molecule has 1 aromatic heterocycles. The number of unbranched alkanes of at least 4 members (excludes halogenated alkanes) is 2. The second-order valence-corrected chi connectivity index (χ2v) is 2.80. The quantitative estimate of drug-likeness (QED) is 0.678. The molecule has 0 aliphatic heterocycles. The van der Waals surface area contributed by atoms with E-state index in [4.69, 9.17) is 9.84 Å². The van der Waals surface area contributed by atoms with Crippen LogP contribution < -0.4 is 4.74 Å². The molecule has 3 nitrogen and oxygen atoms in total. The molecule has 0 amide bonds. The van der Waals surface area contributed by atoms with E-state index >= 15 is 0 Å². The average Bonchev–Trinajstić information content (AvgIpc) is 2.19. The van der Waals surface area contributed by atoms with Crippen LogP contribution in [0, 0.1) is 0 Å². The fourth-order valence-electron chi connectivity index (χ4n) is 1.000. The highest BCUT2D eigenvalue weighted by atomic mass is 16.5. The van der Waals surface area contributed by atoms with E-state index in [-0.39, 0.29) is 6.61 Å². The van der Waals surface area contributed by atoms with Gasteiger partial charge in [-0.1, -0.05) is 6.07 Å². The van der Waals surface area contributed by atoms with Gasteiger partial charge in [0.25, 0.3) is 0 Å². The van der Waals surface area contributed by atoms with Crippen molar-refractivity contribution in [3.63, 3.8) is 0 Å². The number of rotatable bonds is 6. The van der Waals surface area contributed by atoms with E-state index in [2.05, 4.69) is 4.98 Å². The minimum atomic E-state index is 0.267. The van der Waals surface area contributed by atoms with E-state index in [0.717, 1.165) is 19.3 Å². The van der Waals surface area contributed by atoms with Gasteiger partial charge in [-0.25, -0.2) is 4.98 Å². The van der Waals surface area contributed by atoms with Gasteiger partial charge in [0.05, 0.1) is 6.61 Å². The molecule has 1 rings (SSSR count). The lowest BCUT2D eigenvalue weighted by molar-refractivity contribution is 0.262. The maximum atomic E-state index is 8.53. The lowest BCUT2D eigenvalue weighted by atomic mass is 10.2. The monoisotopic (exact) mass is 181 g/mol. The Hall–Kier alpha value is -1.09. The zero-order chi connectivity index (χ0) is 9.36. The molecule has 1 N–H and O–H groups in total. The molecule has 0 radical (unpaired) electrons. The number of hydrogen-bond donors (Lipinski definition) is 1. The SMILES string of the molecule is OCCCCCOc1ccccn1. The first-order valence-corrected chi connectivity index (χ1v) is 4.58. The topological polar surface area (TPSA) is 42.4 Å². The zero-order valence-electron chi connectivity index (χ0n) is 7.65. The van der Waals surface area contributed by atoms with Gasteiger partial charge in [-0.05, 0) is 25.3 Å². The van der Waals surface area contributed by atoms with Crippen LogP contribution in [0.15, 0.2) is 24.4 Å². The molecule has 0 atom stereocenters. The fourth-order valence-corrected chi connectivity index (χ4v) is 1.000. The maximum Gasteiger partial charge on any atom is 0.213 e. The van der Waals surface area contributed by atoms with Crippen molar-refractivity contribution in [3.8, 4) is 5.88 Å². The number of aliphatic hydroxyl groups excluding tert-OH is 1. The summed E-state index contributed by atoms with van der Waals surface area (Å²) in [5, 5.41) is 8.53. The zero-order valence-corrected chi connectivity index (χ0v) is 7.65. The summed E-state index contributed by atoms with van der Waals surface area (Å²) >= 11 is 0. The van der Waals surface area contributed by atoms with Crippen LogP contribution >= 0.6 is 0 Å². The van der Waals surface area contributed by atoms with Crippen LogP contribution in [0.2, 0.25) is 0 Å². The van der Waals surface area contributed by atoms with Crippen molar-refractivity contribution in [2.75, 3.05) is 13.2 Å². The van der Waals surface area contributed by atoms with E-state index in [1.165, 1.54) is 0 Å². The first kappa shape index (κ1) is 9.99. The average molecular weight is 181 g/mol. The summed E-state index contributed by atoms with van der Waals surface area (Å²) in [6, 6.07) is 5.60. The molecule has 0 unspecified atom stereocenters. The molecular weight excluding hydrogens is 166 g/mol. The third-order valence-corrected chi connectivity index (χ3v) is 1.69. The molecule has 0 saturated carbocycles. The molecule has 1 heterocycles. The minimum absolute atomic E-state index is 0.267.